The predicted molar refractivity (Wildman–Crippen MR) is 76.9 cm³/mol. The number of nitrogens with two attached hydrogens (primary N) is 1. The van der Waals surface area contributed by atoms with E-state index in [0.717, 1.165) is 57.4 Å². The van der Waals surface area contributed by atoms with Gasteiger partial charge in [-0.2, -0.15) is 0 Å². The summed E-state index contributed by atoms with van der Waals surface area (Å²) < 4.78 is 10.8. The molecule has 0 fully saturated rings. The number of ether oxygens (including phenoxy) is 2. The topological polar surface area (TPSA) is 60.6 Å². The Morgan fingerprint density at radius 2 is 1.79 bits per heavy atom. The summed E-state index contributed by atoms with van der Waals surface area (Å²) in [4.78, 5) is 6.58. The van der Waals surface area contributed by atoms with Crippen LogP contribution in [0, 0.1) is 0 Å². The first-order chi connectivity index (χ1) is 9.27. The Hall–Kier alpha value is -1.17. The highest BCUT2D eigenvalue weighted by molar-refractivity contribution is 5.41. The molecule has 19 heavy (non-hydrogen) atoms. The van der Waals surface area contributed by atoms with Crippen molar-refractivity contribution in [1.82, 2.24) is 9.88 Å². The number of anilines is 1. The highest BCUT2D eigenvalue weighted by atomic mass is 16.5. The van der Waals surface area contributed by atoms with E-state index in [0.29, 0.717) is 0 Å². The average molecular weight is 267 g/mol. The van der Waals surface area contributed by atoms with E-state index in [1.807, 2.05) is 26.0 Å². The molecule has 1 aromatic heterocycles. The second-order valence-electron chi connectivity index (χ2n) is 4.21. The van der Waals surface area contributed by atoms with E-state index in [9.17, 15) is 0 Å². The van der Waals surface area contributed by atoms with E-state index >= 15 is 0 Å². The molecule has 5 nitrogen and oxygen atoms in total. The molecule has 0 spiro atoms. The summed E-state index contributed by atoms with van der Waals surface area (Å²) in [5, 5.41) is 0. The third-order valence-electron chi connectivity index (χ3n) is 2.81. The fourth-order valence-corrected chi connectivity index (χ4v) is 1.74. The summed E-state index contributed by atoms with van der Waals surface area (Å²) in [7, 11) is 0. The Labute approximate surface area is 115 Å². The van der Waals surface area contributed by atoms with E-state index in [1.165, 1.54) is 0 Å². The standard InChI is InChI=1S/C14H25N3O2/c1-3-18-10-8-17(9-11-19-4-2)12-14-13(15)6-5-7-16-14/h5-7H,3-4,8-12,15H2,1-2H3. The molecule has 2 N–H and O–H groups in total. The maximum Gasteiger partial charge on any atom is 0.0772 e. The van der Waals surface area contributed by atoms with Gasteiger partial charge in [0.2, 0.25) is 0 Å². The molecule has 0 saturated heterocycles. The second-order valence-corrected chi connectivity index (χ2v) is 4.21. The van der Waals surface area contributed by atoms with Crippen molar-refractivity contribution in [1.29, 1.82) is 0 Å². The van der Waals surface area contributed by atoms with Crippen LogP contribution in [0.3, 0.4) is 0 Å². The minimum absolute atomic E-state index is 0.718. The normalized spacial score (nSPS) is 11.1. The van der Waals surface area contributed by atoms with Crippen molar-refractivity contribution in [2.75, 3.05) is 45.3 Å². The molecule has 0 aliphatic carbocycles. The molecule has 0 aromatic carbocycles. The predicted octanol–water partition coefficient (Wildman–Crippen LogP) is 1.54. The molecule has 0 aliphatic rings. The molecule has 0 unspecified atom stereocenters. The van der Waals surface area contributed by atoms with Gasteiger partial charge in [0.1, 0.15) is 0 Å². The smallest absolute Gasteiger partial charge is 0.0772 e. The number of hydrogen-bond acceptors (Lipinski definition) is 5. The van der Waals surface area contributed by atoms with Crippen LogP contribution in [0.4, 0.5) is 5.69 Å². The van der Waals surface area contributed by atoms with Crippen LogP contribution in [0.25, 0.3) is 0 Å². The molecular weight excluding hydrogens is 242 g/mol. The van der Waals surface area contributed by atoms with Crippen molar-refractivity contribution in [3.05, 3.63) is 24.0 Å². The van der Waals surface area contributed by atoms with Gasteiger partial charge in [0.15, 0.2) is 0 Å². The molecule has 0 atom stereocenters. The Morgan fingerprint density at radius 1 is 1.16 bits per heavy atom. The van der Waals surface area contributed by atoms with Gasteiger partial charge in [-0.1, -0.05) is 0 Å². The van der Waals surface area contributed by atoms with Gasteiger partial charge < -0.3 is 15.2 Å². The van der Waals surface area contributed by atoms with Gasteiger partial charge in [-0.05, 0) is 26.0 Å². The van der Waals surface area contributed by atoms with Gasteiger partial charge in [-0.15, -0.1) is 0 Å². The number of nitrogen functional groups attached to an aromatic ring is 1. The van der Waals surface area contributed by atoms with Crippen LogP contribution in [0.1, 0.15) is 19.5 Å². The summed E-state index contributed by atoms with van der Waals surface area (Å²) in [6.45, 7) is 9.37. The lowest BCUT2D eigenvalue weighted by molar-refractivity contribution is 0.0793. The molecule has 1 heterocycles. The van der Waals surface area contributed by atoms with Crippen LogP contribution in [0.15, 0.2) is 18.3 Å². The molecule has 0 aliphatic heterocycles. The summed E-state index contributed by atoms with van der Waals surface area (Å²) in [5.74, 6) is 0. The highest BCUT2D eigenvalue weighted by Gasteiger charge is 2.09. The van der Waals surface area contributed by atoms with E-state index < -0.39 is 0 Å². The first-order valence-electron chi connectivity index (χ1n) is 6.85. The number of rotatable bonds is 10. The minimum atomic E-state index is 0.718. The molecular formula is C14H25N3O2. The molecule has 1 aromatic rings. The first kappa shape index (κ1) is 15.9. The van der Waals surface area contributed by atoms with Crippen molar-refractivity contribution in [3.63, 3.8) is 0 Å². The summed E-state index contributed by atoms with van der Waals surface area (Å²) >= 11 is 0. The monoisotopic (exact) mass is 267 g/mol. The van der Waals surface area contributed by atoms with Gasteiger partial charge >= 0.3 is 0 Å². The van der Waals surface area contributed by atoms with Gasteiger partial charge in [-0.25, -0.2) is 0 Å². The van der Waals surface area contributed by atoms with Crippen LogP contribution >= 0.6 is 0 Å². The Bertz CT molecular complexity index is 337. The number of nitrogens with zero attached hydrogens (tertiary/aromatic N) is 2. The van der Waals surface area contributed by atoms with Crippen molar-refractivity contribution >= 4 is 5.69 Å². The number of aromatic nitrogens is 1. The van der Waals surface area contributed by atoms with Crippen LogP contribution in [0.2, 0.25) is 0 Å². The molecule has 5 heteroatoms. The molecule has 0 bridgehead atoms. The molecule has 1 rings (SSSR count). The fourth-order valence-electron chi connectivity index (χ4n) is 1.74. The van der Waals surface area contributed by atoms with Crippen LogP contribution in [-0.4, -0.2) is 49.4 Å². The van der Waals surface area contributed by atoms with E-state index in [2.05, 4.69) is 9.88 Å². The Balaban J connectivity index is 2.49. The van der Waals surface area contributed by atoms with Crippen molar-refractivity contribution < 1.29 is 9.47 Å². The van der Waals surface area contributed by atoms with E-state index in [4.69, 9.17) is 15.2 Å². The van der Waals surface area contributed by atoms with E-state index in [-0.39, 0.29) is 0 Å². The quantitative estimate of drug-likeness (QED) is 0.652. The molecule has 108 valence electrons. The summed E-state index contributed by atoms with van der Waals surface area (Å²) in [6, 6.07) is 3.73. The highest BCUT2D eigenvalue weighted by Crippen LogP contribution is 2.10. The van der Waals surface area contributed by atoms with Crippen LogP contribution in [-0.2, 0) is 16.0 Å². The summed E-state index contributed by atoms with van der Waals surface area (Å²) in [6.07, 6.45) is 1.77. The zero-order chi connectivity index (χ0) is 13.9. The van der Waals surface area contributed by atoms with Crippen molar-refractivity contribution in [2.45, 2.75) is 20.4 Å². The Kier molecular flexibility index (Phi) is 8.13. The zero-order valence-electron chi connectivity index (χ0n) is 12.0. The van der Waals surface area contributed by atoms with Gasteiger partial charge in [-0.3, -0.25) is 9.88 Å². The lowest BCUT2D eigenvalue weighted by Gasteiger charge is -2.22. The lowest BCUT2D eigenvalue weighted by Crippen LogP contribution is -2.31. The number of pyridine rings is 1. The summed E-state index contributed by atoms with van der Waals surface area (Å²) in [5.41, 5.74) is 7.58. The molecule has 0 saturated carbocycles. The zero-order valence-corrected chi connectivity index (χ0v) is 12.0. The largest absolute Gasteiger partial charge is 0.397 e. The first-order valence-corrected chi connectivity index (χ1v) is 6.85. The van der Waals surface area contributed by atoms with E-state index in [1.54, 1.807) is 6.20 Å². The van der Waals surface area contributed by atoms with Gasteiger partial charge in [0.25, 0.3) is 0 Å². The van der Waals surface area contributed by atoms with Gasteiger partial charge in [0, 0.05) is 39.0 Å². The van der Waals surface area contributed by atoms with Crippen LogP contribution < -0.4 is 5.73 Å². The van der Waals surface area contributed by atoms with Crippen LogP contribution in [0.5, 0.6) is 0 Å². The molecule has 0 amide bonds. The molecule has 0 radical (unpaired) electrons. The van der Waals surface area contributed by atoms with Crippen molar-refractivity contribution in [2.24, 2.45) is 0 Å². The number of hydrogen-bond donors (Lipinski definition) is 1. The maximum atomic E-state index is 5.93. The second kappa shape index (κ2) is 9.72. The third-order valence-corrected chi connectivity index (χ3v) is 2.81. The lowest BCUT2D eigenvalue weighted by atomic mass is 10.3. The van der Waals surface area contributed by atoms with Gasteiger partial charge in [0.05, 0.1) is 24.6 Å². The average Bonchev–Trinajstić information content (AvgIpc) is 2.41. The SMILES string of the molecule is CCOCCN(CCOCC)Cc1ncccc1N. The van der Waals surface area contributed by atoms with Crippen molar-refractivity contribution in [3.8, 4) is 0 Å². The Morgan fingerprint density at radius 3 is 2.32 bits per heavy atom. The minimum Gasteiger partial charge on any atom is -0.397 e. The third kappa shape index (κ3) is 6.52. The fraction of sp³-hybridized carbons (Fsp3) is 0.643. The maximum absolute atomic E-state index is 5.93.